The highest BCUT2D eigenvalue weighted by molar-refractivity contribution is 6.21. The van der Waals surface area contributed by atoms with Crippen molar-refractivity contribution in [3.05, 3.63) is 71.3 Å². The van der Waals surface area contributed by atoms with Gasteiger partial charge in [-0.05, 0) is 42.3 Å². The average Bonchev–Trinajstić information content (AvgIpc) is 2.34. The van der Waals surface area contributed by atoms with Crippen LogP contribution in [-0.2, 0) is 0 Å². The van der Waals surface area contributed by atoms with Gasteiger partial charge in [0.2, 0.25) is 0 Å². The third kappa shape index (κ3) is 2.88. The van der Waals surface area contributed by atoms with Gasteiger partial charge in [-0.1, -0.05) is 24.3 Å². The van der Waals surface area contributed by atoms with Crippen molar-refractivity contribution in [2.75, 3.05) is 0 Å². The minimum absolute atomic E-state index is 0.0760. The first-order valence-electron chi connectivity index (χ1n) is 5.73. The van der Waals surface area contributed by atoms with Crippen molar-refractivity contribution in [2.24, 2.45) is 0 Å². The van der Waals surface area contributed by atoms with Crippen LogP contribution in [0.4, 0.5) is 8.78 Å². The van der Waals surface area contributed by atoms with Gasteiger partial charge >= 0.3 is 0 Å². The highest BCUT2D eigenvalue weighted by Crippen LogP contribution is 2.31. The zero-order chi connectivity index (χ0) is 13.1. The quantitative estimate of drug-likeness (QED) is 0.705. The number of benzene rings is 2. The fourth-order valence-corrected chi connectivity index (χ4v) is 2.35. The Kier molecular flexibility index (Phi) is 3.97. The lowest BCUT2D eigenvalue weighted by atomic mass is 9.89. The Morgan fingerprint density at radius 1 is 0.778 bits per heavy atom. The molecule has 2 rings (SSSR count). The fraction of sp³-hybridized carbons (Fsp3) is 0.200. The lowest BCUT2D eigenvalue weighted by Crippen LogP contribution is -2.11. The van der Waals surface area contributed by atoms with Crippen LogP contribution in [0.15, 0.2) is 48.5 Å². The van der Waals surface area contributed by atoms with E-state index >= 15 is 0 Å². The van der Waals surface area contributed by atoms with E-state index in [1.165, 1.54) is 24.3 Å². The largest absolute Gasteiger partial charge is 0.207 e. The third-order valence-electron chi connectivity index (χ3n) is 2.92. The molecule has 0 saturated heterocycles. The molecule has 0 spiro atoms. The van der Waals surface area contributed by atoms with Crippen LogP contribution >= 0.6 is 11.6 Å². The van der Waals surface area contributed by atoms with E-state index in [0.29, 0.717) is 0 Å². The van der Waals surface area contributed by atoms with E-state index in [0.717, 1.165) is 11.1 Å². The summed E-state index contributed by atoms with van der Waals surface area (Å²) in [6.07, 6.45) is 0. The van der Waals surface area contributed by atoms with E-state index in [2.05, 4.69) is 0 Å². The molecule has 0 aromatic heterocycles. The van der Waals surface area contributed by atoms with Gasteiger partial charge in [-0.3, -0.25) is 0 Å². The van der Waals surface area contributed by atoms with Crippen LogP contribution in [-0.4, -0.2) is 5.38 Å². The molecule has 0 aliphatic rings. The van der Waals surface area contributed by atoms with E-state index in [1.54, 1.807) is 24.3 Å². The Morgan fingerprint density at radius 2 is 1.11 bits per heavy atom. The Hall–Kier alpha value is -1.41. The van der Waals surface area contributed by atoms with Gasteiger partial charge in [0.1, 0.15) is 11.6 Å². The number of hydrogen-bond acceptors (Lipinski definition) is 0. The zero-order valence-electron chi connectivity index (χ0n) is 9.91. The fourth-order valence-electron chi connectivity index (χ4n) is 2.06. The van der Waals surface area contributed by atoms with Crippen molar-refractivity contribution in [3.8, 4) is 0 Å². The first-order valence-corrected chi connectivity index (χ1v) is 6.16. The van der Waals surface area contributed by atoms with Crippen molar-refractivity contribution in [1.82, 2.24) is 0 Å². The van der Waals surface area contributed by atoms with Crippen LogP contribution in [0.2, 0.25) is 0 Å². The monoisotopic (exact) mass is 266 g/mol. The normalized spacial score (nSPS) is 12.7. The molecule has 1 atom stereocenters. The van der Waals surface area contributed by atoms with Gasteiger partial charge in [0.25, 0.3) is 0 Å². The molecule has 0 N–H and O–H groups in total. The number of hydrogen-bond donors (Lipinski definition) is 0. The summed E-state index contributed by atoms with van der Waals surface area (Å²) in [5.41, 5.74) is 1.84. The highest BCUT2D eigenvalue weighted by Gasteiger charge is 2.19. The molecular weight excluding hydrogens is 254 g/mol. The summed E-state index contributed by atoms with van der Waals surface area (Å²) in [4.78, 5) is 0. The van der Waals surface area contributed by atoms with E-state index < -0.39 is 0 Å². The van der Waals surface area contributed by atoms with Crippen molar-refractivity contribution in [2.45, 2.75) is 18.2 Å². The predicted octanol–water partition coefficient (Wildman–Crippen LogP) is 4.72. The van der Waals surface area contributed by atoms with Gasteiger partial charge in [0, 0.05) is 11.3 Å². The van der Waals surface area contributed by atoms with Crippen LogP contribution in [0, 0.1) is 11.6 Å². The zero-order valence-corrected chi connectivity index (χ0v) is 10.7. The maximum Gasteiger partial charge on any atom is 0.123 e. The van der Waals surface area contributed by atoms with Crippen LogP contribution in [0.5, 0.6) is 0 Å². The molecule has 2 aromatic rings. The summed E-state index contributed by atoms with van der Waals surface area (Å²) >= 11 is 6.20. The number of halogens is 3. The molecule has 0 unspecified atom stereocenters. The molecule has 0 fully saturated rings. The topological polar surface area (TPSA) is 0 Å². The van der Waals surface area contributed by atoms with Gasteiger partial charge in [0.05, 0.1) is 0 Å². The SMILES string of the molecule is C[C@H](Cl)C(c1ccc(F)cc1)c1ccc(F)cc1. The molecular formula is C15H13ClF2. The second-order valence-corrected chi connectivity index (χ2v) is 4.95. The molecule has 0 saturated carbocycles. The Balaban J connectivity index is 2.39. The predicted molar refractivity (Wildman–Crippen MR) is 70.0 cm³/mol. The molecule has 18 heavy (non-hydrogen) atoms. The summed E-state index contributed by atoms with van der Waals surface area (Å²) in [6.45, 7) is 1.87. The highest BCUT2D eigenvalue weighted by atomic mass is 35.5. The Bertz CT molecular complexity index is 458. The second-order valence-electron chi connectivity index (χ2n) is 4.26. The maximum atomic E-state index is 12.9. The average molecular weight is 267 g/mol. The summed E-state index contributed by atoms with van der Waals surface area (Å²) < 4.78 is 25.8. The molecule has 3 heteroatoms. The molecule has 0 radical (unpaired) electrons. The van der Waals surface area contributed by atoms with Crippen molar-refractivity contribution in [3.63, 3.8) is 0 Å². The van der Waals surface area contributed by atoms with Crippen LogP contribution in [0.1, 0.15) is 24.0 Å². The minimum atomic E-state index is -0.279. The van der Waals surface area contributed by atoms with E-state index in [4.69, 9.17) is 11.6 Å². The van der Waals surface area contributed by atoms with E-state index in [-0.39, 0.29) is 22.9 Å². The molecule has 0 bridgehead atoms. The summed E-state index contributed by atoms with van der Waals surface area (Å²) in [5, 5.41) is -0.166. The molecule has 0 aliphatic carbocycles. The summed E-state index contributed by atoms with van der Waals surface area (Å²) in [6, 6.07) is 12.5. The minimum Gasteiger partial charge on any atom is -0.207 e. The molecule has 0 nitrogen and oxygen atoms in total. The molecule has 0 amide bonds. The first kappa shape index (κ1) is 13.0. The number of rotatable bonds is 3. The van der Waals surface area contributed by atoms with Gasteiger partial charge in [-0.2, -0.15) is 0 Å². The molecule has 0 aliphatic heterocycles. The third-order valence-corrected chi connectivity index (χ3v) is 3.17. The lowest BCUT2D eigenvalue weighted by Gasteiger charge is -2.20. The second kappa shape index (κ2) is 5.49. The van der Waals surface area contributed by atoms with Crippen LogP contribution in [0.3, 0.4) is 0 Å². The van der Waals surface area contributed by atoms with Crippen molar-refractivity contribution < 1.29 is 8.78 Å². The van der Waals surface area contributed by atoms with Gasteiger partial charge in [0.15, 0.2) is 0 Å². The maximum absolute atomic E-state index is 12.9. The smallest absolute Gasteiger partial charge is 0.123 e. The molecule has 2 aromatic carbocycles. The van der Waals surface area contributed by atoms with Gasteiger partial charge in [-0.25, -0.2) is 8.78 Å². The number of alkyl halides is 1. The Labute approximate surface area is 110 Å². The Morgan fingerprint density at radius 3 is 1.39 bits per heavy atom. The first-order chi connectivity index (χ1) is 8.58. The van der Waals surface area contributed by atoms with Gasteiger partial charge < -0.3 is 0 Å². The molecule has 0 heterocycles. The standard InChI is InChI=1S/C15H13ClF2/c1-10(16)15(11-2-6-13(17)7-3-11)12-4-8-14(18)9-5-12/h2-10,15H,1H3/t10-/m0/s1. The lowest BCUT2D eigenvalue weighted by molar-refractivity contribution is 0.624. The van der Waals surface area contributed by atoms with Crippen molar-refractivity contribution in [1.29, 1.82) is 0 Å². The molecule has 94 valence electrons. The summed E-state index contributed by atoms with van der Waals surface area (Å²) in [7, 11) is 0. The van der Waals surface area contributed by atoms with E-state index in [9.17, 15) is 8.78 Å². The van der Waals surface area contributed by atoms with Crippen molar-refractivity contribution >= 4 is 11.6 Å². The van der Waals surface area contributed by atoms with Crippen LogP contribution in [0.25, 0.3) is 0 Å². The van der Waals surface area contributed by atoms with E-state index in [1.807, 2.05) is 6.92 Å². The van der Waals surface area contributed by atoms with Crippen LogP contribution < -0.4 is 0 Å². The van der Waals surface area contributed by atoms with Gasteiger partial charge in [-0.15, -0.1) is 11.6 Å². The summed E-state index contributed by atoms with van der Waals surface area (Å²) in [5.74, 6) is -0.634.